The summed E-state index contributed by atoms with van der Waals surface area (Å²) in [6.07, 6.45) is -5.81. The molecule has 6 unspecified atom stereocenters. The minimum Gasteiger partial charge on any atom is -0.480 e. The van der Waals surface area contributed by atoms with Crippen LogP contribution in [0.3, 0.4) is 0 Å². The van der Waals surface area contributed by atoms with Gasteiger partial charge in [-0.1, -0.05) is 32.0 Å². The van der Waals surface area contributed by atoms with E-state index in [0.717, 1.165) is 0 Å². The van der Waals surface area contributed by atoms with Gasteiger partial charge in [-0.3, -0.25) is 14.5 Å². The molecule has 2 heterocycles. The number of amides is 2. The Labute approximate surface area is 214 Å². The van der Waals surface area contributed by atoms with Gasteiger partial charge in [-0.15, -0.1) is 0 Å². The summed E-state index contributed by atoms with van der Waals surface area (Å²) < 4.78 is 50.8. The Hall–Kier alpha value is -2.82. The molecule has 6 atom stereocenters. The molecule has 0 spiro atoms. The highest BCUT2D eigenvalue weighted by Crippen LogP contribution is 2.47. The van der Waals surface area contributed by atoms with Gasteiger partial charge in [0.2, 0.25) is 11.8 Å². The van der Waals surface area contributed by atoms with Crippen molar-refractivity contribution in [3.63, 3.8) is 0 Å². The summed E-state index contributed by atoms with van der Waals surface area (Å²) in [5.41, 5.74) is 6.21. The smallest absolute Gasteiger partial charge is 0.425 e. The van der Waals surface area contributed by atoms with Crippen molar-refractivity contribution in [1.29, 1.82) is 0 Å². The SMILES string of the molecule is COCCC(C1CC1C(=O)NC1CC(C(F)(F)F)Oc2ccccc21)N1C(=O)CC(C)(C(C)C)N=C1N. The molecule has 1 aliphatic carbocycles. The Kier molecular flexibility index (Phi) is 7.47. The molecule has 1 saturated carbocycles. The average Bonchev–Trinajstić information content (AvgIpc) is 3.61. The van der Waals surface area contributed by atoms with Crippen LogP contribution < -0.4 is 15.8 Å². The van der Waals surface area contributed by atoms with Crippen LogP contribution in [0.5, 0.6) is 5.75 Å². The maximum atomic E-state index is 13.5. The van der Waals surface area contributed by atoms with Gasteiger partial charge in [-0.05, 0) is 37.7 Å². The first-order valence-electron chi connectivity index (χ1n) is 12.6. The number of hydrogen-bond acceptors (Lipinski definition) is 6. The molecule has 0 aromatic heterocycles. The molecule has 8 nitrogen and oxygen atoms in total. The molecule has 204 valence electrons. The second-order valence-electron chi connectivity index (χ2n) is 10.8. The van der Waals surface area contributed by atoms with E-state index in [0.29, 0.717) is 25.0 Å². The molecule has 3 N–H and O–H groups in total. The molecule has 0 bridgehead atoms. The summed E-state index contributed by atoms with van der Waals surface area (Å²) in [6.45, 7) is 6.23. The minimum absolute atomic E-state index is 0.108. The zero-order valence-electron chi connectivity index (χ0n) is 21.5. The number of fused-ring (bicyclic) bond motifs is 1. The molecule has 0 saturated heterocycles. The van der Waals surface area contributed by atoms with Crippen molar-refractivity contribution in [2.24, 2.45) is 28.5 Å². The zero-order valence-corrected chi connectivity index (χ0v) is 21.5. The largest absolute Gasteiger partial charge is 0.480 e. The quantitative estimate of drug-likeness (QED) is 0.541. The Morgan fingerprint density at radius 2 is 2.03 bits per heavy atom. The maximum absolute atomic E-state index is 13.5. The average molecular weight is 525 g/mol. The maximum Gasteiger partial charge on any atom is 0.425 e. The highest BCUT2D eigenvalue weighted by atomic mass is 19.4. The van der Waals surface area contributed by atoms with Crippen molar-refractivity contribution in [1.82, 2.24) is 10.2 Å². The van der Waals surface area contributed by atoms with Gasteiger partial charge in [-0.2, -0.15) is 13.2 Å². The van der Waals surface area contributed by atoms with E-state index in [9.17, 15) is 22.8 Å². The number of aliphatic imine (C=N–C) groups is 1. The molecule has 3 aliphatic rings. The first-order valence-corrected chi connectivity index (χ1v) is 12.6. The second-order valence-corrected chi connectivity index (χ2v) is 10.8. The number of carbonyl (C=O) groups is 2. The van der Waals surface area contributed by atoms with E-state index in [1.807, 2.05) is 20.8 Å². The van der Waals surface area contributed by atoms with Crippen molar-refractivity contribution in [3.8, 4) is 5.75 Å². The predicted molar refractivity (Wildman–Crippen MR) is 131 cm³/mol. The third-order valence-corrected chi connectivity index (χ3v) is 7.95. The van der Waals surface area contributed by atoms with E-state index in [1.165, 1.54) is 11.0 Å². The number of benzene rings is 1. The second kappa shape index (κ2) is 10.2. The van der Waals surface area contributed by atoms with Gasteiger partial charge >= 0.3 is 6.18 Å². The van der Waals surface area contributed by atoms with Gasteiger partial charge in [-0.25, -0.2) is 4.99 Å². The van der Waals surface area contributed by atoms with Crippen LogP contribution in [0.15, 0.2) is 29.3 Å². The molecule has 37 heavy (non-hydrogen) atoms. The third-order valence-electron chi connectivity index (χ3n) is 7.95. The summed E-state index contributed by atoms with van der Waals surface area (Å²) in [5.74, 6) is -0.806. The number of nitrogens with one attached hydrogen (secondary N) is 1. The highest BCUT2D eigenvalue weighted by molar-refractivity contribution is 5.99. The highest BCUT2D eigenvalue weighted by Gasteiger charge is 2.53. The molecule has 1 aromatic carbocycles. The Balaban J connectivity index is 1.51. The number of para-hydroxylation sites is 1. The minimum atomic E-state index is -4.56. The van der Waals surface area contributed by atoms with Gasteiger partial charge < -0.3 is 20.5 Å². The Morgan fingerprint density at radius 3 is 2.65 bits per heavy atom. The van der Waals surface area contributed by atoms with E-state index >= 15 is 0 Å². The number of guanidine groups is 1. The number of hydrogen-bond donors (Lipinski definition) is 2. The lowest BCUT2D eigenvalue weighted by Crippen LogP contribution is -2.57. The summed E-state index contributed by atoms with van der Waals surface area (Å²) in [5, 5.41) is 2.82. The number of nitrogens with two attached hydrogens (primary N) is 1. The molecule has 0 radical (unpaired) electrons. The lowest BCUT2D eigenvalue weighted by atomic mass is 9.84. The summed E-state index contributed by atoms with van der Waals surface area (Å²) in [4.78, 5) is 32.6. The van der Waals surface area contributed by atoms with Crippen molar-refractivity contribution < 1.29 is 32.2 Å². The molecule has 2 aliphatic heterocycles. The van der Waals surface area contributed by atoms with Crippen LogP contribution in [0.25, 0.3) is 0 Å². The topological polar surface area (TPSA) is 106 Å². The molecule has 1 aromatic rings. The van der Waals surface area contributed by atoms with Crippen molar-refractivity contribution >= 4 is 17.8 Å². The molecule has 4 rings (SSSR count). The predicted octanol–water partition coefficient (Wildman–Crippen LogP) is 3.56. The summed E-state index contributed by atoms with van der Waals surface area (Å²) in [7, 11) is 1.55. The third kappa shape index (κ3) is 5.56. The lowest BCUT2D eigenvalue weighted by molar-refractivity contribution is -0.201. The number of methoxy groups -OCH3 is 1. The van der Waals surface area contributed by atoms with Gasteiger partial charge in [0.05, 0.1) is 18.0 Å². The summed E-state index contributed by atoms with van der Waals surface area (Å²) >= 11 is 0. The fourth-order valence-electron chi connectivity index (χ4n) is 5.31. The molecule has 2 amide bonds. The van der Waals surface area contributed by atoms with Crippen LogP contribution in [0.4, 0.5) is 13.2 Å². The van der Waals surface area contributed by atoms with Crippen molar-refractivity contribution in [3.05, 3.63) is 29.8 Å². The molecular formula is C26H35F3N4O4. The standard InChI is InChI=1S/C26H35F3N4O4/c1-14(2)25(3)13-22(34)33(24(30)32-25)19(9-10-36-4)16-11-17(16)23(35)31-18-12-21(26(27,28)29)37-20-8-6-5-7-15(18)20/h5-8,14,16-19,21H,9-13H2,1-4H3,(H2,30,32)(H,31,35). The monoisotopic (exact) mass is 524 g/mol. The van der Waals surface area contributed by atoms with Crippen LogP contribution in [-0.2, 0) is 14.3 Å². The Bertz CT molecular complexity index is 1060. The number of halogens is 3. The molecule has 11 heteroatoms. The van der Waals surface area contributed by atoms with E-state index in [2.05, 4.69) is 10.3 Å². The fraction of sp³-hybridized carbons (Fsp3) is 0.654. The normalized spacial score (nSPS) is 30.3. The van der Waals surface area contributed by atoms with E-state index < -0.39 is 42.2 Å². The van der Waals surface area contributed by atoms with Gasteiger partial charge in [0.1, 0.15) is 5.75 Å². The number of rotatable bonds is 8. The van der Waals surface area contributed by atoms with Gasteiger partial charge in [0, 0.05) is 37.7 Å². The van der Waals surface area contributed by atoms with Crippen LogP contribution >= 0.6 is 0 Å². The number of nitrogens with zero attached hydrogens (tertiary/aromatic N) is 2. The zero-order chi connectivity index (χ0) is 27.1. The van der Waals surface area contributed by atoms with Crippen LogP contribution in [-0.4, -0.2) is 60.3 Å². The number of ether oxygens (including phenoxy) is 2. The number of alkyl halides is 3. The van der Waals surface area contributed by atoms with Crippen molar-refractivity contribution in [2.45, 2.75) is 76.4 Å². The van der Waals surface area contributed by atoms with Crippen LogP contribution in [0.1, 0.15) is 58.1 Å². The van der Waals surface area contributed by atoms with Crippen LogP contribution in [0, 0.1) is 17.8 Å². The number of carbonyl (C=O) groups excluding carboxylic acids is 2. The lowest BCUT2D eigenvalue weighted by Gasteiger charge is -2.41. The first-order chi connectivity index (χ1) is 17.4. The Morgan fingerprint density at radius 1 is 1.32 bits per heavy atom. The summed E-state index contributed by atoms with van der Waals surface area (Å²) in [6, 6.07) is 5.20. The van der Waals surface area contributed by atoms with Crippen molar-refractivity contribution in [2.75, 3.05) is 13.7 Å². The molecule has 1 fully saturated rings. The molecular weight excluding hydrogens is 489 g/mol. The van der Waals surface area contributed by atoms with E-state index in [4.69, 9.17) is 15.2 Å². The van der Waals surface area contributed by atoms with Crippen LogP contribution in [0.2, 0.25) is 0 Å². The van der Waals surface area contributed by atoms with E-state index in [1.54, 1.807) is 25.3 Å². The van der Waals surface area contributed by atoms with E-state index in [-0.39, 0.29) is 41.8 Å². The first kappa shape index (κ1) is 27.2. The fourth-order valence-corrected chi connectivity index (χ4v) is 5.31. The van der Waals surface area contributed by atoms with Gasteiger partial charge in [0.25, 0.3) is 0 Å². The van der Waals surface area contributed by atoms with Gasteiger partial charge in [0.15, 0.2) is 12.1 Å².